The van der Waals surface area contributed by atoms with Crippen LogP contribution in [0.25, 0.3) is 0 Å². The monoisotopic (exact) mass is 328 g/mol. The Morgan fingerprint density at radius 3 is 1.70 bits per heavy atom. The van der Waals surface area contributed by atoms with Crippen molar-refractivity contribution in [3.63, 3.8) is 0 Å². The quantitative estimate of drug-likeness (QED) is 0.646. The Kier molecular flexibility index (Phi) is 4.40. The Morgan fingerprint density at radius 1 is 0.696 bits per heavy atom. The van der Waals surface area contributed by atoms with Crippen molar-refractivity contribution in [2.75, 3.05) is 0 Å². The molecule has 3 aromatic carbocycles. The third kappa shape index (κ3) is 3.40. The van der Waals surface area contributed by atoms with Crippen LogP contribution in [-0.4, -0.2) is 0 Å². The lowest BCUT2D eigenvalue weighted by Crippen LogP contribution is -2.18. The molecule has 0 aliphatic rings. The summed E-state index contributed by atoms with van der Waals surface area (Å²) in [5, 5.41) is 0.791. The molecular weight excluding hydrogens is 313 g/mol. The van der Waals surface area contributed by atoms with Crippen LogP contribution < -0.4 is 10.6 Å². The average molecular weight is 328 g/mol. The Balaban J connectivity index is 2.15. The van der Waals surface area contributed by atoms with Crippen LogP contribution in [0, 0.1) is 11.6 Å². The second-order valence-electron chi connectivity index (χ2n) is 5.34. The molecule has 0 unspecified atom stereocenters. The van der Waals surface area contributed by atoms with Crippen molar-refractivity contribution in [1.82, 2.24) is 0 Å². The summed E-state index contributed by atoms with van der Waals surface area (Å²) in [4.78, 5) is 0. The van der Waals surface area contributed by atoms with Gasteiger partial charge in [-0.05, 0) is 29.8 Å². The number of rotatable bonds is 4. The van der Waals surface area contributed by atoms with E-state index >= 15 is 0 Å². The van der Waals surface area contributed by atoms with E-state index in [0.29, 0.717) is 10.6 Å². The lowest BCUT2D eigenvalue weighted by molar-refractivity contribution is 0.585. The smallest absolute Gasteiger partial charge is 0.147 e. The third-order valence-corrected chi connectivity index (χ3v) is 6.73. The van der Waals surface area contributed by atoms with E-state index in [1.807, 2.05) is 30.3 Å². The van der Waals surface area contributed by atoms with E-state index in [0.717, 1.165) is 5.56 Å². The van der Waals surface area contributed by atoms with E-state index < -0.39 is 18.8 Å². The molecule has 0 aromatic heterocycles. The van der Waals surface area contributed by atoms with Gasteiger partial charge in [0, 0.05) is 16.8 Å². The molecule has 3 rings (SSSR count). The van der Waals surface area contributed by atoms with E-state index in [1.54, 1.807) is 12.1 Å². The first-order valence-corrected chi connectivity index (χ1v) is 9.12. The van der Waals surface area contributed by atoms with Crippen LogP contribution in [0.2, 0.25) is 0 Å². The molecule has 0 saturated heterocycles. The highest BCUT2D eigenvalue weighted by atomic mass is 31.2. The summed E-state index contributed by atoms with van der Waals surface area (Å²) in [6.45, 7) is 0. The minimum atomic E-state index is -3.18. The molecule has 0 atom stereocenters. The molecule has 0 N–H and O–H groups in total. The fourth-order valence-electron chi connectivity index (χ4n) is 2.57. The topological polar surface area (TPSA) is 17.1 Å². The molecule has 4 heteroatoms. The molecular formula is C19H15F2OP. The van der Waals surface area contributed by atoms with Crippen molar-refractivity contribution in [1.29, 1.82) is 0 Å². The zero-order valence-electron chi connectivity index (χ0n) is 12.3. The lowest BCUT2D eigenvalue weighted by atomic mass is 10.2. The van der Waals surface area contributed by atoms with Gasteiger partial charge in [0.15, 0.2) is 0 Å². The SMILES string of the molecule is O=P(Cc1ccccc1)(c1cccc(F)c1)c1cccc(F)c1. The Bertz CT molecular complexity index is 813. The van der Waals surface area contributed by atoms with Gasteiger partial charge in [0.2, 0.25) is 0 Å². The number of benzene rings is 3. The van der Waals surface area contributed by atoms with Crippen LogP contribution in [0.1, 0.15) is 5.56 Å². The van der Waals surface area contributed by atoms with Gasteiger partial charge >= 0.3 is 0 Å². The van der Waals surface area contributed by atoms with Crippen molar-refractivity contribution in [2.24, 2.45) is 0 Å². The molecule has 0 aliphatic heterocycles. The van der Waals surface area contributed by atoms with Crippen LogP contribution in [-0.2, 0) is 10.7 Å². The minimum absolute atomic E-state index is 0.223. The number of hydrogen-bond donors (Lipinski definition) is 0. The van der Waals surface area contributed by atoms with Crippen LogP contribution in [0.3, 0.4) is 0 Å². The zero-order chi connectivity index (χ0) is 16.3. The highest BCUT2D eigenvalue weighted by Crippen LogP contribution is 2.47. The maximum absolute atomic E-state index is 13.8. The van der Waals surface area contributed by atoms with E-state index in [2.05, 4.69) is 0 Å². The second kappa shape index (κ2) is 6.47. The molecule has 3 aromatic rings. The van der Waals surface area contributed by atoms with Gasteiger partial charge in [-0.25, -0.2) is 8.78 Å². The molecule has 0 aliphatic carbocycles. The van der Waals surface area contributed by atoms with Gasteiger partial charge in [0.25, 0.3) is 0 Å². The largest absolute Gasteiger partial charge is 0.313 e. The number of hydrogen-bond acceptors (Lipinski definition) is 1. The maximum Gasteiger partial charge on any atom is 0.147 e. The Hall–Kier alpha value is -2.25. The summed E-state index contributed by atoms with van der Waals surface area (Å²) in [6, 6.07) is 20.8. The standard InChI is InChI=1S/C19H15F2OP/c20-16-8-4-10-18(12-16)23(22,14-15-6-2-1-3-7-15)19-11-5-9-17(21)13-19/h1-13H,14H2. The zero-order valence-corrected chi connectivity index (χ0v) is 13.2. The molecule has 0 spiro atoms. The number of halogens is 2. The van der Waals surface area contributed by atoms with Crippen LogP contribution >= 0.6 is 7.14 Å². The van der Waals surface area contributed by atoms with Crippen molar-refractivity contribution in [3.8, 4) is 0 Å². The molecule has 0 bridgehead atoms. The van der Waals surface area contributed by atoms with Crippen molar-refractivity contribution >= 4 is 17.8 Å². The van der Waals surface area contributed by atoms with Gasteiger partial charge < -0.3 is 4.57 Å². The summed E-state index contributed by atoms with van der Waals surface area (Å²) in [5.41, 5.74) is 0.865. The average Bonchev–Trinajstić information content (AvgIpc) is 2.56. The van der Waals surface area contributed by atoms with E-state index in [-0.39, 0.29) is 6.16 Å². The summed E-state index contributed by atoms with van der Waals surface area (Å²) in [6.07, 6.45) is 0.223. The molecule has 0 amide bonds. The lowest BCUT2D eigenvalue weighted by Gasteiger charge is -2.19. The first-order valence-electron chi connectivity index (χ1n) is 7.23. The molecule has 1 nitrogen and oxygen atoms in total. The van der Waals surface area contributed by atoms with E-state index in [1.165, 1.54) is 36.4 Å². The molecule has 0 heterocycles. The van der Waals surface area contributed by atoms with Gasteiger partial charge in [-0.2, -0.15) is 0 Å². The minimum Gasteiger partial charge on any atom is -0.313 e. The maximum atomic E-state index is 13.8. The fourth-order valence-corrected chi connectivity index (χ4v) is 5.28. The first-order chi connectivity index (χ1) is 11.1. The van der Waals surface area contributed by atoms with Crippen LogP contribution in [0.5, 0.6) is 0 Å². The van der Waals surface area contributed by atoms with Gasteiger partial charge in [-0.1, -0.05) is 54.6 Å². The van der Waals surface area contributed by atoms with Crippen molar-refractivity contribution in [2.45, 2.75) is 6.16 Å². The molecule has 116 valence electrons. The Labute approximate surface area is 134 Å². The summed E-state index contributed by atoms with van der Waals surface area (Å²) >= 11 is 0. The normalized spacial score (nSPS) is 11.4. The van der Waals surface area contributed by atoms with Crippen molar-refractivity contribution < 1.29 is 13.3 Å². The molecule has 0 radical (unpaired) electrons. The predicted octanol–water partition coefficient (Wildman–Crippen LogP) is 4.48. The van der Waals surface area contributed by atoms with Crippen LogP contribution in [0.15, 0.2) is 78.9 Å². The second-order valence-corrected chi connectivity index (χ2v) is 8.17. The summed E-state index contributed by atoms with van der Waals surface area (Å²) < 4.78 is 41.0. The fraction of sp³-hybridized carbons (Fsp3) is 0.0526. The predicted molar refractivity (Wildman–Crippen MR) is 89.8 cm³/mol. The molecule has 23 heavy (non-hydrogen) atoms. The third-order valence-electron chi connectivity index (χ3n) is 3.70. The van der Waals surface area contributed by atoms with E-state index in [4.69, 9.17) is 0 Å². The van der Waals surface area contributed by atoms with Crippen molar-refractivity contribution in [3.05, 3.63) is 96.1 Å². The summed E-state index contributed by atoms with van der Waals surface area (Å²) in [7, 11) is -3.18. The van der Waals surface area contributed by atoms with Gasteiger partial charge in [0.1, 0.15) is 18.8 Å². The van der Waals surface area contributed by atoms with Gasteiger partial charge in [-0.15, -0.1) is 0 Å². The highest BCUT2D eigenvalue weighted by Gasteiger charge is 2.28. The van der Waals surface area contributed by atoms with Crippen LogP contribution in [0.4, 0.5) is 8.78 Å². The van der Waals surface area contributed by atoms with Gasteiger partial charge in [0.05, 0.1) is 0 Å². The first kappa shape index (κ1) is 15.6. The van der Waals surface area contributed by atoms with E-state index in [9.17, 15) is 13.3 Å². The molecule has 0 fully saturated rings. The Morgan fingerprint density at radius 2 is 1.22 bits per heavy atom. The highest BCUT2D eigenvalue weighted by molar-refractivity contribution is 7.78. The summed E-state index contributed by atoms with van der Waals surface area (Å²) in [5.74, 6) is -0.903. The molecule has 0 saturated carbocycles. The van der Waals surface area contributed by atoms with Gasteiger partial charge in [-0.3, -0.25) is 0 Å².